The van der Waals surface area contributed by atoms with Crippen LogP contribution in [0.1, 0.15) is 60.8 Å². The number of anilines is 1. The summed E-state index contributed by atoms with van der Waals surface area (Å²) in [5.74, 6) is -1.19. The molecule has 35 heavy (non-hydrogen) atoms. The first-order chi connectivity index (χ1) is 16.8. The fourth-order valence-electron chi connectivity index (χ4n) is 5.19. The van der Waals surface area contributed by atoms with Gasteiger partial charge in [-0.3, -0.25) is 14.6 Å². The highest BCUT2D eigenvalue weighted by Gasteiger charge is 2.32. The number of rotatable bonds is 8. The lowest BCUT2D eigenvalue weighted by molar-refractivity contribution is -0.141. The van der Waals surface area contributed by atoms with E-state index in [0.29, 0.717) is 12.3 Å². The van der Waals surface area contributed by atoms with Gasteiger partial charge in [0.15, 0.2) is 0 Å². The fraction of sp³-hybridized carbons (Fsp3) is 0.367. The number of hydrogen-bond donors (Lipinski definition) is 2. The van der Waals surface area contributed by atoms with Gasteiger partial charge >= 0.3 is 5.97 Å². The van der Waals surface area contributed by atoms with Crippen molar-refractivity contribution in [2.75, 3.05) is 5.32 Å². The second kappa shape index (κ2) is 10.9. The molecule has 0 unspecified atom stereocenters. The summed E-state index contributed by atoms with van der Waals surface area (Å²) in [6.45, 7) is 5.69. The lowest BCUT2D eigenvalue weighted by Crippen LogP contribution is -2.27. The minimum Gasteiger partial charge on any atom is -0.481 e. The number of aromatic nitrogens is 1. The third-order valence-electron chi connectivity index (χ3n) is 7.28. The molecule has 2 atom stereocenters. The van der Waals surface area contributed by atoms with E-state index in [9.17, 15) is 14.7 Å². The van der Waals surface area contributed by atoms with Gasteiger partial charge in [-0.05, 0) is 79.0 Å². The molecule has 182 valence electrons. The number of aliphatic carboxylic acids is 1. The molecule has 2 aromatic carbocycles. The number of nitrogens with one attached hydrogen (secondary N) is 1. The molecule has 2 N–H and O–H groups in total. The van der Waals surface area contributed by atoms with E-state index in [4.69, 9.17) is 0 Å². The van der Waals surface area contributed by atoms with Crippen LogP contribution in [0.4, 0.5) is 5.69 Å². The van der Waals surface area contributed by atoms with Crippen molar-refractivity contribution in [2.45, 2.75) is 58.8 Å². The molecule has 1 aromatic heterocycles. The number of nitrogens with zero attached hydrogens (tertiary/aromatic N) is 1. The Kier molecular flexibility index (Phi) is 7.64. The average Bonchev–Trinajstić information content (AvgIpc) is 3.36. The molecule has 0 bridgehead atoms. The number of amides is 1. The van der Waals surface area contributed by atoms with Crippen molar-refractivity contribution in [1.82, 2.24) is 4.98 Å². The predicted octanol–water partition coefficient (Wildman–Crippen LogP) is 6.54. The predicted molar refractivity (Wildman–Crippen MR) is 139 cm³/mol. The Hall–Kier alpha value is -3.47. The number of carboxylic acids is 1. The molecular weight excluding hydrogens is 436 g/mol. The summed E-state index contributed by atoms with van der Waals surface area (Å²) in [6.07, 6.45) is 8.56. The molecule has 1 heterocycles. The van der Waals surface area contributed by atoms with Crippen molar-refractivity contribution in [3.8, 4) is 11.1 Å². The van der Waals surface area contributed by atoms with E-state index in [1.54, 1.807) is 6.92 Å². The van der Waals surface area contributed by atoms with Crippen LogP contribution < -0.4 is 5.32 Å². The third kappa shape index (κ3) is 5.79. The molecule has 5 heteroatoms. The van der Waals surface area contributed by atoms with Crippen LogP contribution in [-0.2, 0) is 16.0 Å². The number of carboxylic acid groups (broad SMARTS) is 1. The van der Waals surface area contributed by atoms with Crippen molar-refractivity contribution in [3.05, 3.63) is 83.2 Å². The Morgan fingerprint density at radius 2 is 1.74 bits per heavy atom. The zero-order chi connectivity index (χ0) is 24.9. The van der Waals surface area contributed by atoms with E-state index in [1.807, 2.05) is 44.4 Å². The highest BCUT2D eigenvalue weighted by Crippen LogP contribution is 2.39. The Balaban J connectivity index is 1.58. The standard InChI is InChI=1S/C30H34N2O3/c1-19-15-26(18-31-17-19)22-11-13-24(14-12-22)28(23-7-4-5-8-23)29(33)32-27-10-6-9-25(21(27)3)16-20(2)30(34)35/h6,9-15,17-18,20,23,28H,4-5,7-8,16H2,1-3H3,(H,32,33)(H,34,35)/t20-,28-/m0/s1. The minimum atomic E-state index is -0.815. The molecule has 0 saturated heterocycles. The minimum absolute atomic E-state index is 0.00778. The van der Waals surface area contributed by atoms with Gasteiger partial charge in [-0.15, -0.1) is 0 Å². The van der Waals surface area contributed by atoms with Crippen LogP contribution in [0.15, 0.2) is 60.9 Å². The number of aryl methyl sites for hydroxylation is 1. The fourth-order valence-corrected chi connectivity index (χ4v) is 5.19. The molecule has 5 nitrogen and oxygen atoms in total. The number of benzene rings is 2. The summed E-state index contributed by atoms with van der Waals surface area (Å²) >= 11 is 0. The molecule has 0 aliphatic heterocycles. The van der Waals surface area contributed by atoms with Crippen molar-refractivity contribution < 1.29 is 14.7 Å². The van der Waals surface area contributed by atoms with Gasteiger partial charge in [-0.1, -0.05) is 56.2 Å². The summed E-state index contributed by atoms with van der Waals surface area (Å²) in [5, 5.41) is 12.5. The Morgan fingerprint density at radius 1 is 1.03 bits per heavy atom. The first kappa shape index (κ1) is 24.6. The number of pyridine rings is 1. The van der Waals surface area contributed by atoms with Crippen molar-refractivity contribution in [1.29, 1.82) is 0 Å². The second-order valence-electron chi connectivity index (χ2n) is 9.92. The molecule has 3 aromatic rings. The van der Waals surface area contributed by atoms with Gasteiger partial charge in [-0.25, -0.2) is 0 Å². The van der Waals surface area contributed by atoms with Gasteiger partial charge in [0, 0.05) is 23.6 Å². The largest absolute Gasteiger partial charge is 0.481 e. The maximum Gasteiger partial charge on any atom is 0.306 e. The van der Waals surface area contributed by atoms with Gasteiger partial charge in [0.1, 0.15) is 0 Å². The van der Waals surface area contributed by atoms with E-state index >= 15 is 0 Å². The maximum atomic E-state index is 13.7. The highest BCUT2D eigenvalue weighted by atomic mass is 16.4. The molecular formula is C30H34N2O3. The number of carbonyl (C=O) groups is 2. The number of carbonyl (C=O) groups excluding carboxylic acids is 1. The van der Waals surface area contributed by atoms with Gasteiger partial charge in [-0.2, -0.15) is 0 Å². The van der Waals surface area contributed by atoms with Crippen molar-refractivity contribution in [3.63, 3.8) is 0 Å². The molecule has 1 aliphatic carbocycles. The number of hydrogen-bond acceptors (Lipinski definition) is 3. The average molecular weight is 471 g/mol. The SMILES string of the molecule is Cc1cncc(-c2ccc([C@@H](C(=O)Nc3cccc(C[C@H](C)C(=O)O)c3C)C3CCCC3)cc2)c1. The lowest BCUT2D eigenvalue weighted by Gasteiger charge is -2.24. The molecule has 4 rings (SSSR count). The Morgan fingerprint density at radius 3 is 2.40 bits per heavy atom. The monoisotopic (exact) mass is 470 g/mol. The van der Waals surface area contributed by atoms with Crippen LogP contribution in [-0.4, -0.2) is 22.0 Å². The highest BCUT2D eigenvalue weighted by molar-refractivity contribution is 5.97. The van der Waals surface area contributed by atoms with E-state index < -0.39 is 11.9 Å². The zero-order valence-corrected chi connectivity index (χ0v) is 20.8. The second-order valence-corrected chi connectivity index (χ2v) is 9.92. The Bertz CT molecular complexity index is 1200. The lowest BCUT2D eigenvalue weighted by atomic mass is 9.83. The summed E-state index contributed by atoms with van der Waals surface area (Å²) in [5.41, 5.74) is 6.95. The third-order valence-corrected chi connectivity index (χ3v) is 7.28. The van der Waals surface area contributed by atoms with Crippen LogP contribution >= 0.6 is 0 Å². The van der Waals surface area contributed by atoms with Gasteiger partial charge in [0.25, 0.3) is 0 Å². The van der Waals surface area contributed by atoms with Crippen LogP contribution in [0.5, 0.6) is 0 Å². The van der Waals surface area contributed by atoms with Crippen LogP contribution in [0, 0.1) is 25.7 Å². The molecule has 0 radical (unpaired) electrons. The first-order valence-corrected chi connectivity index (χ1v) is 12.5. The Labute approximate surface area is 207 Å². The van der Waals surface area contributed by atoms with Gasteiger partial charge in [0.2, 0.25) is 5.91 Å². The van der Waals surface area contributed by atoms with E-state index in [1.165, 1.54) is 0 Å². The van der Waals surface area contributed by atoms with Gasteiger partial charge in [0.05, 0.1) is 11.8 Å². The quantitative estimate of drug-likeness (QED) is 0.392. The van der Waals surface area contributed by atoms with Crippen LogP contribution in [0.25, 0.3) is 11.1 Å². The molecule has 1 fully saturated rings. The van der Waals surface area contributed by atoms with E-state index in [2.05, 4.69) is 40.6 Å². The summed E-state index contributed by atoms with van der Waals surface area (Å²) < 4.78 is 0. The van der Waals surface area contributed by atoms with E-state index in [-0.39, 0.29) is 11.8 Å². The van der Waals surface area contributed by atoms with Crippen LogP contribution in [0.2, 0.25) is 0 Å². The topological polar surface area (TPSA) is 79.3 Å². The maximum absolute atomic E-state index is 13.7. The smallest absolute Gasteiger partial charge is 0.306 e. The first-order valence-electron chi connectivity index (χ1n) is 12.5. The molecule has 1 saturated carbocycles. The zero-order valence-electron chi connectivity index (χ0n) is 20.8. The van der Waals surface area contributed by atoms with Crippen LogP contribution in [0.3, 0.4) is 0 Å². The molecule has 0 spiro atoms. The van der Waals surface area contributed by atoms with Gasteiger partial charge < -0.3 is 10.4 Å². The normalized spacial score (nSPS) is 15.5. The summed E-state index contributed by atoms with van der Waals surface area (Å²) in [7, 11) is 0. The van der Waals surface area contributed by atoms with Crippen molar-refractivity contribution >= 4 is 17.6 Å². The summed E-state index contributed by atoms with van der Waals surface area (Å²) in [6, 6.07) is 16.2. The summed E-state index contributed by atoms with van der Waals surface area (Å²) in [4.78, 5) is 29.3. The van der Waals surface area contributed by atoms with Crippen molar-refractivity contribution in [2.24, 2.45) is 11.8 Å². The van der Waals surface area contributed by atoms with E-state index in [0.717, 1.165) is 64.8 Å². The molecule has 1 aliphatic rings. The molecule has 1 amide bonds.